The first-order chi connectivity index (χ1) is 15.8. The molecule has 2 aromatic rings. The van der Waals surface area contributed by atoms with Crippen LogP contribution in [0.3, 0.4) is 0 Å². The van der Waals surface area contributed by atoms with Crippen LogP contribution in [0, 0.1) is 23.7 Å². The molecule has 1 saturated heterocycles. The maximum atomic E-state index is 13.0. The molecule has 2 bridgehead atoms. The van der Waals surface area contributed by atoms with Crippen LogP contribution < -0.4 is 10.2 Å². The van der Waals surface area contributed by atoms with Crippen LogP contribution in [0.25, 0.3) is 0 Å². The van der Waals surface area contributed by atoms with Crippen LogP contribution in [0.2, 0.25) is 5.02 Å². The number of benzene rings is 2. The second-order valence-corrected chi connectivity index (χ2v) is 9.96. The first kappa shape index (κ1) is 22.1. The van der Waals surface area contributed by atoms with Crippen molar-refractivity contribution in [1.29, 1.82) is 0 Å². The number of amides is 3. The number of fused-ring (bicyclic) bond motifs is 5. The van der Waals surface area contributed by atoms with E-state index in [2.05, 4.69) is 21.2 Å². The van der Waals surface area contributed by atoms with Crippen molar-refractivity contribution in [2.75, 3.05) is 16.8 Å². The van der Waals surface area contributed by atoms with E-state index in [0.29, 0.717) is 20.9 Å². The number of halogens is 2. The Morgan fingerprint density at radius 1 is 1.06 bits per heavy atom. The van der Waals surface area contributed by atoms with Gasteiger partial charge in [-0.15, -0.1) is 0 Å². The first-order valence-corrected chi connectivity index (χ1v) is 11.9. The van der Waals surface area contributed by atoms with Gasteiger partial charge in [-0.3, -0.25) is 19.3 Å². The molecule has 0 spiro atoms. The molecular formula is C24H20BrClN2O5. The molecule has 3 amide bonds. The van der Waals surface area contributed by atoms with Gasteiger partial charge in [-0.05, 0) is 83.4 Å². The number of anilines is 2. The number of hydrogen-bond acceptors (Lipinski definition) is 5. The van der Waals surface area contributed by atoms with Gasteiger partial charge >= 0.3 is 5.97 Å². The summed E-state index contributed by atoms with van der Waals surface area (Å²) in [5, 5.41) is 3.04. The molecule has 9 heteroatoms. The minimum atomic E-state index is -0.722. The van der Waals surface area contributed by atoms with Crippen molar-refractivity contribution >= 4 is 62.6 Å². The minimum absolute atomic E-state index is 0.160. The monoisotopic (exact) mass is 530 g/mol. The molecule has 1 N–H and O–H groups in total. The molecular weight excluding hydrogens is 512 g/mol. The normalized spacial score (nSPS) is 25.3. The molecule has 4 atom stereocenters. The van der Waals surface area contributed by atoms with Crippen molar-refractivity contribution < 1.29 is 23.9 Å². The average molecular weight is 532 g/mol. The Hall–Kier alpha value is -2.71. The first-order valence-electron chi connectivity index (χ1n) is 10.7. The Kier molecular flexibility index (Phi) is 5.74. The second kappa shape index (κ2) is 8.57. The number of ether oxygens (including phenoxy) is 1. The summed E-state index contributed by atoms with van der Waals surface area (Å²) >= 11 is 9.28. The van der Waals surface area contributed by atoms with Crippen LogP contribution in [0.4, 0.5) is 11.4 Å². The summed E-state index contributed by atoms with van der Waals surface area (Å²) in [4.78, 5) is 51.9. The van der Waals surface area contributed by atoms with Crippen LogP contribution in [0.15, 0.2) is 46.9 Å². The van der Waals surface area contributed by atoms with E-state index in [1.165, 1.54) is 17.0 Å². The fourth-order valence-electron chi connectivity index (χ4n) is 5.42. The van der Waals surface area contributed by atoms with E-state index in [4.69, 9.17) is 16.3 Å². The summed E-state index contributed by atoms with van der Waals surface area (Å²) in [6.07, 6.45) is 2.96. The molecule has 33 heavy (non-hydrogen) atoms. The summed E-state index contributed by atoms with van der Waals surface area (Å²) < 4.78 is 5.82. The van der Waals surface area contributed by atoms with E-state index in [9.17, 15) is 19.2 Å². The quantitative estimate of drug-likeness (QED) is 0.455. The molecule has 5 rings (SSSR count). The lowest BCUT2D eigenvalue weighted by molar-refractivity contribution is -0.123. The Labute approximate surface area is 203 Å². The molecule has 2 saturated carbocycles. The molecule has 2 aromatic carbocycles. The molecule has 1 aliphatic heterocycles. The SMILES string of the molecule is O=C(COC(=O)c1cccc(N2C(=O)[C@@H]3[C@H]4CC[C@@H](C4)[C@H]3C2=O)c1)Nc1ccc(Br)c(Cl)c1. The highest BCUT2D eigenvalue weighted by molar-refractivity contribution is 9.10. The number of esters is 1. The molecule has 3 fully saturated rings. The predicted octanol–water partition coefficient (Wildman–Crippen LogP) is 4.43. The fourth-order valence-corrected chi connectivity index (χ4v) is 5.85. The lowest BCUT2D eigenvalue weighted by Gasteiger charge is -2.19. The van der Waals surface area contributed by atoms with Gasteiger partial charge < -0.3 is 10.1 Å². The molecule has 0 radical (unpaired) electrons. The van der Waals surface area contributed by atoms with Crippen LogP contribution in [0.5, 0.6) is 0 Å². The van der Waals surface area contributed by atoms with Gasteiger partial charge in [0.2, 0.25) is 11.8 Å². The largest absolute Gasteiger partial charge is 0.452 e. The lowest BCUT2D eigenvalue weighted by atomic mass is 9.81. The third-order valence-corrected chi connectivity index (χ3v) is 8.04. The van der Waals surface area contributed by atoms with E-state index in [-0.39, 0.29) is 41.0 Å². The van der Waals surface area contributed by atoms with E-state index in [0.717, 1.165) is 19.3 Å². The van der Waals surface area contributed by atoms with Crippen molar-refractivity contribution in [3.63, 3.8) is 0 Å². The average Bonchev–Trinajstić information content (AvgIpc) is 3.48. The van der Waals surface area contributed by atoms with Gasteiger partial charge in [0.05, 0.1) is 28.1 Å². The Balaban J connectivity index is 1.24. The van der Waals surface area contributed by atoms with Gasteiger partial charge in [0.15, 0.2) is 6.61 Å². The van der Waals surface area contributed by atoms with Crippen molar-refractivity contribution in [3.05, 3.63) is 57.5 Å². The Bertz CT molecular complexity index is 1160. The van der Waals surface area contributed by atoms with Crippen LogP contribution in [0.1, 0.15) is 29.6 Å². The number of carbonyl (C=O) groups is 4. The topological polar surface area (TPSA) is 92.8 Å². The van der Waals surface area contributed by atoms with E-state index in [1.807, 2.05) is 0 Å². The van der Waals surface area contributed by atoms with Crippen LogP contribution in [-0.4, -0.2) is 30.3 Å². The van der Waals surface area contributed by atoms with Gasteiger partial charge in [-0.2, -0.15) is 0 Å². The molecule has 0 unspecified atom stereocenters. The predicted molar refractivity (Wildman–Crippen MR) is 125 cm³/mol. The van der Waals surface area contributed by atoms with Gasteiger partial charge in [0.1, 0.15) is 0 Å². The summed E-state index contributed by atoms with van der Waals surface area (Å²) in [6, 6.07) is 11.1. The molecule has 2 aliphatic carbocycles. The van der Waals surface area contributed by atoms with Crippen molar-refractivity contribution in [2.45, 2.75) is 19.3 Å². The molecule has 1 heterocycles. The van der Waals surface area contributed by atoms with E-state index >= 15 is 0 Å². The molecule has 170 valence electrons. The summed E-state index contributed by atoms with van der Waals surface area (Å²) in [5.41, 5.74) is 0.992. The number of nitrogens with one attached hydrogen (secondary N) is 1. The Morgan fingerprint density at radius 2 is 1.76 bits per heavy atom. The van der Waals surface area contributed by atoms with Gasteiger partial charge in [0.25, 0.3) is 5.91 Å². The van der Waals surface area contributed by atoms with Crippen molar-refractivity contribution in [3.8, 4) is 0 Å². The Morgan fingerprint density at radius 3 is 2.42 bits per heavy atom. The van der Waals surface area contributed by atoms with Crippen LogP contribution in [-0.2, 0) is 19.1 Å². The second-order valence-electron chi connectivity index (χ2n) is 8.70. The summed E-state index contributed by atoms with van der Waals surface area (Å²) in [7, 11) is 0. The lowest BCUT2D eigenvalue weighted by Crippen LogP contribution is -2.32. The third kappa shape index (κ3) is 3.95. The smallest absolute Gasteiger partial charge is 0.338 e. The maximum Gasteiger partial charge on any atom is 0.338 e. The maximum absolute atomic E-state index is 13.0. The zero-order valence-electron chi connectivity index (χ0n) is 17.4. The fraction of sp³-hybridized carbons (Fsp3) is 0.333. The number of rotatable bonds is 5. The number of nitrogens with zero attached hydrogens (tertiary/aromatic N) is 1. The van der Waals surface area contributed by atoms with E-state index in [1.54, 1.807) is 30.3 Å². The van der Waals surface area contributed by atoms with Gasteiger partial charge in [-0.25, -0.2) is 4.79 Å². The number of imide groups is 1. The van der Waals surface area contributed by atoms with Crippen molar-refractivity contribution in [2.24, 2.45) is 23.7 Å². The standard InChI is InChI=1S/C24H20BrClN2O5/c25-17-7-6-15(10-18(17)26)27-19(29)11-33-24(32)14-2-1-3-16(9-14)28-22(30)20-12-4-5-13(8-12)21(20)23(28)31/h1-3,6-7,9-10,12-13,20-21H,4-5,8,11H2,(H,27,29)/t12-,13-,20+,21+/m0/s1. The highest BCUT2D eigenvalue weighted by Gasteiger charge is 2.61. The third-order valence-electron chi connectivity index (χ3n) is 6.81. The number of hydrogen-bond donors (Lipinski definition) is 1. The molecule has 3 aliphatic rings. The minimum Gasteiger partial charge on any atom is -0.452 e. The zero-order valence-corrected chi connectivity index (χ0v) is 19.8. The van der Waals surface area contributed by atoms with Crippen molar-refractivity contribution in [1.82, 2.24) is 0 Å². The summed E-state index contributed by atoms with van der Waals surface area (Å²) in [5.74, 6) is -1.48. The van der Waals surface area contributed by atoms with E-state index < -0.39 is 18.5 Å². The number of carbonyl (C=O) groups excluding carboxylic acids is 4. The van der Waals surface area contributed by atoms with Crippen LogP contribution >= 0.6 is 27.5 Å². The zero-order chi connectivity index (χ0) is 23.3. The highest BCUT2D eigenvalue weighted by atomic mass is 79.9. The van der Waals surface area contributed by atoms with Gasteiger partial charge in [-0.1, -0.05) is 17.7 Å². The van der Waals surface area contributed by atoms with Gasteiger partial charge in [0, 0.05) is 10.2 Å². The highest BCUT2D eigenvalue weighted by Crippen LogP contribution is 2.56. The molecule has 0 aromatic heterocycles. The summed E-state index contributed by atoms with van der Waals surface area (Å²) in [6.45, 7) is -0.494. The molecule has 7 nitrogen and oxygen atoms in total.